The molecule has 3 heterocycles. The number of hydrogen-bond donors (Lipinski definition) is 3. The minimum Gasteiger partial charge on any atom is -0.453 e. The lowest BCUT2D eigenvalue weighted by atomic mass is 10.1. The van der Waals surface area contributed by atoms with Gasteiger partial charge in [-0.1, -0.05) is 24.8 Å². The van der Waals surface area contributed by atoms with Crippen molar-refractivity contribution in [3.05, 3.63) is 83.0 Å². The highest BCUT2D eigenvalue weighted by Gasteiger charge is 2.61. The third-order valence-corrected chi connectivity index (χ3v) is 7.81. The summed E-state index contributed by atoms with van der Waals surface area (Å²) in [4.78, 5) is 27.6. The molecule has 43 heavy (non-hydrogen) atoms. The highest BCUT2D eigenvalue weighted by atomic mass is 31.2. The number of ether oxygens (including phenoxy) is 2. The van der Waals surface area contributed by atoms with Crippen molar-refractivity contribution in [2.45, 2.75) is 50.4 Å². The summed E-state index contributed by atoms with van der Waals surface area (Å²) < 4.78 is 70.4. The van der Waals surface area contributed by atoms with E-state index < -0.39 is 67.6 Å². The molecule has 18 heteroatoms. The van der Waals surface area contributed by atoms with Crippen LogP contribution in [0.2, 0.25) is 0 Å². The van der Waals surface area contributed by atoms with Crippen molar-refractivity contribution in [2.24, 2.45) is 10.7 Å². The van der Waals surface area contributed by atoms with Crippen LogP contribution in [0.4, 0.5) is 14.7 Å². The summed E-state index contributed by atoms with van der Waals surface area (Å²) in [5, 5.41) is 23.6. The molecule has 0 spiro atoms. The van der Waals surface area contributed by atoms with Gasteiger partial charge in [-0.3, -0.25) is 19.4 Å². The Kier molecular flexibility index (Phi) is 9.32. The number of aliphatic hydroxyl groups excluding tert-OH is 1. The Morgan fingerprint density at radius 3 is 2.65 bits per heavy atom. The Bertz CT molecular complexity index is 1470. The summed E-state index contributed by atoms with van der Waals surface area (Å²) in [6.07, 6.45) is -4.83. The molecule has 6 atom stereocenters. The van der Waals surface area contributed by atoms with Crippen molar-refractivity contribution in [3.8, 4) is 5.75 Å². The molecular weight excluding hydrogens is 599 g/mol. The summed E-state index contributed by atoms with van der Waals surface area (Å²) in [6.45, 7) is 5.35. The van der Waals surface area contributed by atoms with Gasteiger partial charge in [0.1, 0.15) is 34.5 Å². The second-order valence-electron chi connectivity index (χ2n) is 9.38. The number of esters is 1. The topological polar surface area (TPSA) is 201 Å². The molecule has 2 aromatic rings. The summed E-state index contributed by atoms with van der Waals surface area (Å²) in [5.74, 6) is -5.50. The van der Waals surface area contributed by atoms with E-state index in [1.54, 1.807) is 18.2 Å². The highest BCUT2D eigenvalue weighted by molar-refractivity contribution is 7.52. The number of benzene rings is 1. The van der Waals surface area contributed by atoms with Gasteiger partial charge in [-0.25, -0.2) is 9.56 Å². The zero-order chi connectivity index (χ0) is 31.5. The van der Waals surface area contributed by atoms with Crippen molar-refractivity contribution in [1.29, 1.82) is 0 Å². The van der Waals surface area contributed by atoms with Crippen LogP contribution in [0.5, 0.6) is 5.75 Å². The first kappa shape index (κ1) is 31.8. The number of para-hydroxylation sites is 1. The van der Waals surface area contributed by atoms with Gasteiger partial charge in [-0.15, -0.1) is 0 Å². The molecule has 2 aliphatic heterocycles. The predicted octanol–water partition coefficient (Wildman–Crippen LogP) is 3.35. The average molecular weight is 627 g/mol. The standard InChI is InChI=1S/C25H28F2N5O10P/c1-14(23(34)39-15(2)18-9-10-21(40-18)32(35)36)30-43(37,42-17-7-5-4-6-8-17)38-13-19-22(33)25(26,27)24(41-19)31-12-11-20(28)29-16(31)3/h4-12,14-15,19,22,24,33H,3,13H2,1-2H3,(H2,28,29)(H,30,37)/t14-,15?,19+,22?,24+,43?/m0/s1. The Balaban J connectivity index is 1.46. The molecule has 3 unspecified atom stereocenters. The first-order valence-corrected chi connectivity index (χ1v) is 14.2. The molecule has 1 aromatic carbocycles. The van der Waals surface area contributed by atoms with Crippen LogP contribution in [-0.4, -0.2) is 63.7 Å². The van der Waals surface area contributed by atoms with Crippen LogP contribution in [0.25, 0.3) is 0 Å². The number of carbonyl (C=O) groups excluding carboxylic acids is 1. The maximum absolute atomic E-state index is 15.0. The normalized spacial score (nSPS) is 24.1. The van der Waals surface area contributed by atoms with Crippen LogP contribution in [0.15, 0.2) is 76.6 Å². The zero-order valence-corrected chi connectivity index (χ0v) is 23.6. The van der Waals surface area contributed by atoms with Gasteiger partial charge in [0.25, 0.3) is 0 Å². The van der Waals surface area contributed by atoms with E-state index in [0.29, 0.717) is 0 Å². The van der Waals surface area contributed by atoms with Crippen LogP contribution in [0.1, 0.15) is 25.7 Å². The molecule has 15 nitrogen and oxygen atoms in total. The summed E-state index contributed by atoms with van der Waals surface area (Å²) in [6, 6.07) is 8.59. The summed E-state index contributed by atoms with van der Waals surface area (Å²) in [5.41, 5.74) is 5.56. The van der Waals surface area contributed by atoms with Crippen LogP contribution < -0.4 is 15.3 Å². The van der Waals surface area contributed by atoms with E-state index >= 15 is 8.78 Å². The molecule has 232 valence electrons. The first-order chi connectivity index (χ1) is 20.2. The number of carbonyl (C=O) groups is 1. The molecule has 0 radical (unpaired) electrons. The Morgan fingerprint density at radius 1 is 1.33 bits per heavy atom. The van der Waals surface area contributed by atoms with Gasteiger partial charge in [0, 0.05) is 6.20 Å². The number of rotatable bonds is 12. The molecule has 0 amide bonds. The molecule has 4 rings (SSSR count). The number of nitrogens with one attached hydrogen (secondary N) is 1. The van der Waals surface area contributed by atoms with Crippen molar-refractivity contribution in [2.75, 3.05) is 6.61 Å². The van der Waals surface area contributed by atoms with Gasteiger partial charge < -0.3 is 34.2 Å². The smallest absolute Gasteiger partial charge is 0.453 e. The Hall–Kier alpha value is -4.15. The minimum atomic E-state index is -4.55. The van der Waals surface area contributed by atoms with Gasteiger partial charge in [0.2, 0.25) is 6.23 Å². The molecule has 1 fully saturated rings. The molecule has 0 aliphatic carbocycles. The number of amidine groups is 1. The van der Waals surface area contributed by atoms with Gasteiger partial charge in [0.05, 0.1) is 12.7 Å². The first-order valence-electron chi connectivity index (χ1n) is 12.6. The minimum absolute atomic E-state index is 0.0188. The second-order valence-corrected chi connectivity index (χ2v) is 11.1. The Morgan fingerprint density at radius 2 is 2.02 bits per heavy atom. The fourth-order valence-electron chi connectivity index (χ4n) is 3.97. The number of hydrogen-bond acceptors (Lipinski definition) is 13. The lowest BCUT2D eigenvalue weighted by Crippen LogP contribution is -2.47. The van der Waals surface area contributed by atoms with Crippen molar-refractivity contribution < 1.29 is 51.1 Å². The number of nitro groups is 1. The molecule has 1 saturated heterocycles. The quantitative estimate of drug-likeness (QED) is 0.134. The Labute approximate surface area is 243 Å². The lowest BCUT2D eigenvalue weighted by Gasteiger charge is -2.31. The number of furan rings is 1. The van der Waals surface area contributed by atoms with E-state index in [1.807, 2.05) is 0 Å². The van der Waals surface area contributed by atoms with E-state index in [9.17, 15) is 24.6 Å². The van der Waals surface area contributed by atoms with Crippen molar-refractivity contribution in [3.63, 3.8) is 0 Å². The van der Waals surface area contributed by atoms with E-state index in [1.165, 1.54) is 44.3 Å². The van der Waals surface area contributed by atoms with Crippen molar-refractivity contribution >= 4 is 25.4 Å². The molecule has 1 aromatic heterocycles. The SMILES string of the molecule is C=C1N=C(N)C=CN1[C@@H]1O[C@H](COP(=O)(N[C@@H](C)C(=O)OC(C)c2ccc([N+](=O)[O-])o2)Oc2ccccc2)C(O)C1(F)F. The van der Waals surface area contributed by atoms with Crippen LogP contribution in [0, 0.1) is 10.1 Å². The number of nitrogens with zero attached hydrogens (tertiary/aromatic N) is 3. The fourth-order valence-corrected chi connectivity index (χ4v) is 5.47. The maximum Gasteiger partial charge on any atom is 0.459 e. The van der Waals surface area contributed by atoms with Gasteiger partial charge >= 0.3 is 25.5 Å². The van der Waals surface area contributed by atoms with Gasteiger partial charge in [0.15, 0.2) is 18.0 Å². The molecule has 4 N–H and O–H groups in total. The second kappa shape index (κ2) is 12.6. The van der Waals surface area contributed by atoms with Crippen molar-refractivity contribution in [1.82, 2.24) is 9.99 Å². The number of aliphatic hydroxyl groups is 1. The van der Waals surface area contributed by atoms with E-state index in [-0.39, 0.29) is 23.2 Å². The molecular formula is C25H28F2N5O10P. The third-order valence-electron chi connectivity index (χ3n) is 6.16. The molecule has 0 bridgehead atoms. The van der Waals surface area contributed by atoms with Crippen LogP contribution in [0.3, 0.4) is 0 Å². The summed E-state index contributed by atoms with van der Waals surface area (Å²) in [7, 11) is -4.55. The maximum atomic E-state index is 15.0. The van der Waals surface area contributed by atoms with E-state index in [2.05, 4.69) is 16.7 Å². The molecule has 0 saturated carbocycles. The van der Waals surface area contributed by atoms with E-state index in [0.717, 1.165) is 11.0 Å². The highest BCUT2D eigenvalue weighted by Crippen LogP contribution is 2.47. The number of aliphatic imine (C=N–C) groups is 1. The van der Waals surface area contributed by atoms with Crippen LogP contribution >= 0.6 is 7.75 Å². The third kappa shape index (κ3) is 7.26. The largest absolute Gasteiger partial charge is 0.459 e. The fraction of sp³-hybridized carbons (Fsp3) is 0.360. The monoisotopic (exact) mass is 627 g/mol. The molecule has 2 aliphatic rings. The van der Waals surface area contributed by atoms with Gasteiger partial charge in [-0.05, 0) is 38.1 Å². The zero-order valence-electron chi connectivity index (χ0n) is 22.7. The number of halogens is 2. The number of nitrogens with two attached hydrogens (primary N) is 1. The average Bonchev–Trinajstić information content (AvgIpc) is 3.52. The van der Waals surface area contributed by atoms with E-state index in [4.69, 9.17) is 28.7 Å². The predicted molar refractivity (Wildman–Crippen MR) is 144 cm³/mol. The lowest BCUT2D eigenvalue weighted by molar-refractivity contribution is -0.402. The van der Waals surface area contributed by atoms with Gasteiger partial charge in [-0.2, -0.15) is 13.9 Å². The number of alkyl halides is 2. The van der Waals surface area contributed by atoms with Crippen LogP contribution in [-0.2, 0) is 23.4 Å². The summed E-state index contributed by atoms with van der Waals surface area (Å²) >= 11 is 0.